The molecule has 0 bridgehead atoms. The molecule has 0 aliphatic heterocycles. The van der Waals surface area contributed by atoms with Gasteiger partial charge in [-0.1, -0.05) is 125 Å². The highest BCUT2D eigenvalue weighted by atomic mass is 32.2. The molecule has 0 fully saturated rings. The largest absolute Gasteiger partial charge is 0.508 e. The minimum Gasteiger partial charge on any atom is -0.508 e. The van der Waals surface area contributed by atoms with E-state index in [1.54, 1.807) is 0 Å². The van der Waals surface area contributed by atoms with Gasteiger partial charge in [0.05, 0.1) is 0 Å². The third-order valence-corrected chi connectivity index (χ3v) is 9.95. The van der Waals surface area contributed by atoms with Gasteiger partial charge in [-0.15, -0.1) is 0 Å². The summed E-state index contributed by atoms with van der Waals surface area (Å²) >= 11 is 2.09. The van der Waals surface area contributed by atoms with Gasteiger partial charge < -0.3 is 10.2 Å². The molecule has 0 spiro atoms. The number of benzene rings is 2. The predicted octanol–water partition coefficient (Wildman–Crippen LogP) is 11.7. The fourth-order valence-electron chi connectivity index (χ4n) is 6.26. The second kappa shape index (κ2) is 15.7. The summed E-state index contributed by atoms with van der Waals surface area (Å²) in [6, 6.07) is 8.46. The second-order valence-electron chi connectivity index (χ2n) is 14.7. The molecule has 0 unspecified atom stereocenters. The highest BCUT2D eigenvalue weighted by Gasteiger charge is 2.35. The first-order chi connectivity index (χ1) is 19.1. The second-order valence-corrected chi connectivity index (χ2v) is 16.0. The van der Waals surface area contributed by atoms with Crippen molar-refractivity contribution in [1.29, 1.82) is 0 Å². The molecule has 2 aromatic carbocycles. The molecule has 0 heterocycles. The highest BCUT2D eigenvalue weighted by molar-refractivity contribution is 7.99. The Morgan fingerprint density at radius 1 is 0.537 bits per heavy atom. The van der Waals surface area contributed by atoms with Gasteiger partial charge in [-0.2, -0.15) is 11.8 Å². The maximum absolute atomic E-state index is 10.9. The number of thioether (sulfide) groups is 1. The monoisotopic (exact) mass is 582 g/mol. The van der Waals surface area contributed by atoms with Gasteiger partial charge in [-0.3, -0.25) is 0 Å². The lowest BCUT2D eigenvalue weighted by Crippen LogP contribution is -2.29. The van der Waals surface area contributed by atoms with Gasteiger partial charge in [0, 0.05) is 5.41 Å². The number of aryl methyl sites for hydroxylation is 2. The van der Waals surface area contributed by atoms with Crippen molar-refractivity contribution in [2.75, 3.05) is 11.5 Å². The van der Waals surface area contributed by atoms with Gasteiger partial charge in [0.15, 0.2) is 0 Å². The molecule has 0 atom stereocenters. The molecule has 0 aliphatic carbocycles. The summed E-state index contributed by atoms with van der Waals surface area (Å²) in [5.41, 5.74) is 6.27. The molecular weight excluding hydrogens is 520 g/mol. The molecule has 0 aromatic heterocycles. The molecule has 232 valence electrons. The Hall–Kier alpha value is -1.61. The average Bonchev–Trinajstić information content (AvgIpc) is 2.85. The van der Waals surface area contributed by atoms with E-state index in [0.29, 0.717) is 11.5 Å². The van der Waals surface area contributed by atoms with E-state index in [1.807, 2.05) is 12.1 Å². The molecular formula is C38H62O2S. The molecule has 41 heavy (non-hydrogen) atoms. The van der Waals surface area contributed by atoms with Gasteiger partial charge in [0.25, 0.3) is 0 Å². The van der Waals surface area contributed by atoms with Crippen molar-refractivity contribution < 1.29 is 10.2 Å². The van der Waals surface area contributed by atoms with E-state index in [9.17, 15) is 10.2 Å². The molecule has 2 N–H and O–H groups in total. The van der Waals surface area contributed by atoms with Crippen molar-refractivity contribution in [3.63, 3.8) is 0 Å². The lowest BCUT2D eigenvalue weighted by molar-refractivity contribution is 0.441. The molecule has 0 saturated carbocycles. The van der Waals surface area contributed by atoms with Crippen molar-refractivity contribution in [3.8, 4) is 11.5 Å². The van der Waals surface area contributed by atoms with E-state index in [-0.39, 0.29) is 16.2 Å². The van der Waals surface area contributed by atoms with Crippen molar-refractivity contribution in [1.82, 2.24) is 0 Å². The van der Waals surface area contributed by atoms with Crippen LogP contribution in [0.1, 0.15) is 159 Å². The Morgan fingerprint density at radius 3 is 1.32 bits per heavy atom. The minimum atomic E-state index is -0.236. The Labute approximate surface area is 258 Å². The fourth-order valence-corrected chi connectivity index (χ4v) is 7.43. The van der Waals surface area contributed by atoms with E-state index >= 15 is 0 Å². The van der Waals surface area contributed by atoms with E-state index in [2.05, 4.69) is 93.1 Å². The lowest BCUT2D eigenvalue weighted by Gasteiger charge is -2.37. The quantitative estimate of drug-likeness (QED) is 0.193. The lowest BCUT2D eigenvalue weighted by atomic mass is 9.68. The van der Waals surface area contributed by atoms with Crippen LogP contribution in [0.25, 0.3) is 0 Å². The molecule has 2 nitrogen and oxygen atoms in total. The number of phenolic OH excluding ortho intramolecular Hbond substituents is 2. The summed E-state index contributed by atoms with van der Waals surface area (Å²) in [5, 5.41) is 21.8. The summed E-state index contributed by atoms with van der Waals surface area (Å²) < 4.78 is 0. The van der Waals surface area contributed by atoms with Crippen LogP contribution >= 0.6 is 11.8 Å². The van der Waals surface area contributed by atoms with Crippen LogP contribution < -0.4 is 0 Å². The van der Waals surface area contributed by atoms with Gasteiger partial charge in [-0.25, -0.2) is 0 Å². The Balaban J connectivity index is 2.22. The Kier molecular flexibility index (Phi) is 13.7. The SMILES string of the molecule is CCCCCCCCCCCCSCCC(C)(c1cc(C(C)(C)C)c(O)cc1C)c1cc(C(C)(C)C)c(O)cc1C. The van der Waals surface area contributed by atoms with Crippen molar-refractivity contribution in [3.05, 3.63) is 57.6 Å². The first kappa shape index (κ1) is 35.6. The van der Waals surface area contributed by atoms with Crippen LogP contribution in [0.2, 0.25) is 0 Å². The smallest absolute Gasteiger partial charge is 0.119 e. The number of hydrogen-bond acceptors (Lipinski definition) is 3. The zero-order valence-corrected chi connectivity index (χ0v) is 29.1. The van der Waals surface area contributed by atoms with Crippen LogP contribution in [-0.4, -0.2) is 21.7 Å². The third kappa shape index (κ3) is 10.3. The number of phenols is 2. The van der Waals surface area contributed by atoms with Gasteiger partial charge in [0.2, 0.25) is 0 Å². The zero-order valence-electron chi connectivity index (χ0n) is 28.3. The van der Waals surface area contributed by atoms with Crippen molar-refractivity contribution in [2.45, 2.75) is 156 Å². The van der Waals surface area contributed by atoms with Gasteiger partial charge in [-0.05, 0) is 94.5 Å². The van der Waals surface area contributed by atoms with Crippen molar-refractivity contribution in [2.24, 2.45) is 0 Å². The highest BCUT2D eigenvalue weighted by Crippen LogP contribution is 2.46. The molecule has 0 aliphatic rings. The molecule has 0 radical (unpaired) electrons. The van der Waals surface area contributed by atoms with Crippen LogP contribution in [0.4, 0.5) is 0 Å². The Bertz CT molecular complexity index is 1020. The van der Waals surface area contributed by atoms with Gasteiger partial charge >= 0.3 is 0 Å². The molecule has 2 rings (SSSR count). The van der Waals surface area contributed by atoms with Gasteiger partial charge in [0.1, 0.15) is 11.5 Å². The van der Waals surface area contributed by atoms with E-state index < -0.39 is 0 Å². The summed E-state index contributed by atoms with van der Waals surface area (Å²) in [7, 11) is 0. The molecule has 2 aromatic rings. The van der Waals surface area contributed by atoms with Crippen LogP contribution in [0.5, 0.6) is 11.5 Å². The number of rotatable bonds is 16. The molecule has 0 saturated heterocycles. The fraction of sp³-hybridized carbons (Fsp3) is 0.684. The summed E-state index contributed by atoms with van der Waals surface area (Å²) in [5.74, 6) is 3.07. The maximum atomic E-state index is 10.9. The van der Waals surface area contributed by atoms with E-state index in [1.165, 1.54) is 81.1 Å². The molecule has 0 amide bonds. The van der Waals surface area contributed by atoms with E-state index in [0.717, 1.165) is 34.4 Å². The summed E-state index contributed by atoms with van der Waals surface area (Å²) in [6.45, 7) is 22.0. The third-order valence-electron chi connectivity index (χ3n) is 8.88. The summed E-state index contributed by atoms with van der Waals surface area (Å²) in [6.07, 6.45) is 14.8. The number of aromatic hydroxyl groups is 2. The topological polar surface area (TPSA) is 40.5 Å². The standard InChI is InChI=1S/C38H62O2S/c1-11-12-13-14-15-16-17-18-19-20-22-41-23-21-38(10,30-26-32(36(4,5)6)34(39)24-28(30)2)31-27-33(37(7,8)9)35(40)25-29(31)3/h24-27,39-40H,11-23H2,1-10H3. The van der Waals surface area contributed by atoms with Crippen LogP contribution in [0, 0.1) is 13.8 Å². The zero-order chi connectivity index (χ0) is 30.8. The minimum absolute atomic E-state index is 0.154. The Morgan fingerprint density at radius 2 is 0.927 bits per heavy atom. The van der Waals surface area contributed by atoms with E-state index in [4.69, 9.17) is 0 Å². The number of hydrogen-bond donors (Lipinski definition) is 2. The maximum Gasteiger partial charge on any atom is 0.119 e. The first-order valence-electron chi connectivity index (χ1n) is 16.4. The van der Waals surface area contributed by atoms with Crippen LogP contribution in [0.15, 0.2) is 24.3 Å². The van der Waals surface area contributed by atoms with Crippen LogP contribution in [0.3, 0.4) is 0 Å². The predicted molar refractivity (Wildman–Crippen MR) is 183 cm³/mol. The van der Waals surface area contributed by atoms with Crippen LogP contribution in [-0.2, 0) is 16.2 Å². The summed E-state index contributed by atoms with van der Waals surface area (Å²) in [4.78, 5) is 0. The van der Waals surface area contributed by atoms with Crippen molar-refractivity contribution >= 4 is 11.8 Å². The number of unbranched alkanes of at least 4 members (excludes halogenated alkanes) is 9. The average molecular weight is 583 g/mol. The molecule has 3 heteroatoms. The normalized spacial score (nSPS) is 12.7. The first-order valence-corrected chi connectivity index (χ1v) is 17.5.